The number of hydrogen-bond acceptors (Lipinski definition) is 6. The number of morpholine rings is 2. The molecule has 0 bridgehead atoms. The lowest BCUT2D eigenvalue weighted by Gasteiger charge is -2.35. The van der Waals surface area contributed by atoms with Crippen LogP contribution < -0.4 is 19.1 Å². The van der Waals surface area contributed by atoms with E-state index in [-0.39, 0.29) is 7.69 Å². The molecule has 6 nitrogen and oxygen atoms in total. The summed E-state index contributed by atoms with van der Waals surface area (Å²) in [5.41, 5.74) is 2.31. The third-order valence-corrected chi connectivity index (χ3v) is 5.48. The van der Waals surface area contributed by atoms with Crippen LogP contribution in [0.3, 0.4) is 0 Å². The van der Waals surface area contributed by atoms with Crippen LogP contribution in [0, 0.1) is 0 Å². The van der Waals surface area contributed by atoms with E-state index in [1.54, 1.807) is 0 Å². The van der Waals surface area contributed by atoms with Gasteiger partial charge in [0.15, 0.2) is 0 Å². The highest BCUT2D eigenvalue weighted by atomic mass is 16.6. The molecule has 0 aliphatic carbocycles. The fraction of sp³-hybridized carbons (Fsp3) is 0.455. The first-order valence-corrected chi connectivity index (χ1v) is 10.4. The highest BCUT2D eigenvalue weighted by Gasteiger charge is 2.20. The van der Waals surface area contributed by atoms with Crippen molar-refractivity contribution < 1.29 is 18.8 Å². The minimum atomic E-state index is 0.171. The third kappa shape index (κ3) is 4.97. The van der Waals surface area contributed by atoms with E-state index in [4.69, 9.17) is 18.8 Å². The van der Waals surface area contributed by atoms with Gasteiger partial charge in [0.1, 0.15) is 11.5 Å². The summed E-state index contributed by atoms with van der Waals surface area (Å²) in [7, 11) is 0.171. The van der Waals surface area contributed by atoms with E-state index in [2.05, 4.69) is 47.9 Å². The Hall–Kier alpha value is -2.38. The largest absolute Gasteiger partial charge is 0.576 e. The molecule has 2 aliphatic rings. The summed E-state index contributed by atoms with van der Waals surface area (Å²) in [5, 5.41) is 0. The van der Waals surface area contributed by atoms with Gasteiger partial charge in [-0.25, -0.2) is 0 Å². The highest BCUT2D eigenvalue weighted by molar-refractivity contribution is 6.20. The van der Waals surface area contributed by atoms with Gasteiger partial charge in [-0.3, -0.25) is 0 Å². The first-order chi connectivity index (χ1) is 14.2. The van der Waals surface area contributed by atoms with Crippen molar-refractivity contribution in [1.29, 1.82) is 0 Å². The van der Waals surface area contributed by atoms with Crippen molar-refractivity contribution in [3.63, 3.8) is 0 Å². The second-order valence-corrected chi connectivity index (χ2v) is 7.64. The van der Waals surface area contributed by atoms with Gasteiger partial charge in [0.05, 0.1) is 26.4 Å². The van der Waals surface area contributed by atoms with Gasteiger partial charge in [0.25, 0.3) is 0 Å². The maximum Gasteiger partial charge on any atom is 0.576 e. The SMILES string of the molecule is CC1COCCN1c1cccc(OBOc2cccc(N3CCOCC3C)c2)c1. The van der Waals surface area contributed by atoms with Gasteiger partial charge in [-0.05, 0) is 38.1 Å². The third-order valence-electron chi connectivity index (χ3n) is 5.48. The van der Waals surface area contributed by atoms with Gasteiger partial charge < -0.3 is 28.6 Å². The second-order valence-electron chi connectivity index (χ2n) is 7.64. The quantitative estimate of drug-likeness (QED) is 0.700. The molecule has 0 spiro atoms. The summed E-state index contributed by atoms with van der Waals surface area (Å²) in [5.74, 6) is 1.61. The Morgan fingerprint density at radius 2 is 1.28 bits per heavy atom. The van der Waals surface area contributed by atoms with Gasteiger partial charge >= 0.3 is 7.69 Å². The zero-order valence-corrected chi connectivity index (χ0v) is 17.3. The van der Waals surface area contributed by atoms with E-state index in [1.165, 1.54) is 0 Å². The maximum atomic E-state index is 5.87. The van der Waals surface area contributed by atoms with Crippen LogP contribution in [-0.4, -0.2) is 59.3 Å². The van der Waals surface area contributed by atoms with E-state index < -0.39 is 0 Å². The van der Waals surface area contributed by atoms with Crippen LogP contribution in [0.25, 0.3) is 0 Å². The van der Waals surface area contributed by atoms with Gasteiger partial charge in [-0.1, -0.05) is 12.1 Å². The Labute approximate surface area is 173 Å². The second kappa shape index (κ2) is 9.42. The van der Waals surface area contributed by atoms with Crippen LogP contribution in [-0.2, 0) is 9.47 Å². The molecular formula is C22H29BN2O4. The van der Waals surface area contributed by atoms with E-state index in [0.29, 0.717) is 12.1 Å². The molecule has 2 aliphatic heterocycles. The van der Waals surface area contributed by atoms with Crippen molar-refractivity contribution in [3.05, 3.63) is 48.5 Å². The van der Waals surface area contributed by atoms with Crippen LogP contribution in [0.4, 0.5) is 11.4 Å². The minimum absolute atomic E-state index is 0.171. The van der Waals surface area contributed by atoms with Gasteiger partial charge in [-0.2, -0.15) is 0 Å². The predicted molar refractivity (Wildman–Crippen MR) is 117 cm³/mol. The van der Waals surface area contributed by atoms with Gasteiger partial charge in [0.2, 0.25) is 0 Å². The molecule has 2 aromatic carbocycles. The fourth-order valence-corrected chi connectivity index (χ4v) is 3.89. The lowest BCUT2D eigenvalue weighted by Crippen LogP contribution is -2.43. The number of benzene rings is 2. The molecule has 0 aromatic heterocycles. The molecule has 0 radical (unpaired) electrons. The van der Waals surface area contributed by atoms with Crippen molar-refractivity contribution in [1.82, 2.24) is 0 Å². The summed E-state index contributed by atoms with van der Waals surface area (Å²) in [6.07, 6.45) is 0. The number of hydrogen-bond donors (Lipinski definition) is 0. The lowest BCUT2D eigenvalue weighted by atomic mass is 10.2. The molecule has 29 heavy (non-hydrogen) atoms. The molecule has 7 heteroatoms. The summed E-state index contributed by atoms with van der Waals surface area (Å²) < 4.78 is 22.8. The van der Waals surface area contributed by atoms with Crippen molar-refractivity contribution >= 4 is 19.1 Å². The number of anilines is 2. The zero-order chi connectivity index (χ0) is 20.1. The topological polar surface area (TPSA) is 43.4 Å². The van der Waals surface area contributed by atoms with E-state index in [9.17, 15) is 0 Å². The standard InChI is InChI=1S/C22H29BN2O4/c1-17-15-26-11-9-24(17)19-5-3-7-21(13-19)28-23-29-22-8-4-6-20(14-22)25-10-12-27-16-18(25)2/h3-8,13-14,17-18,23H,9-12,15-16H2,1-2H3. The van der Waals surface area contributed by atoms with Gasteiger partial charge in [0, 0.05) is 48.7 Å². The molecule has 0 saturated carbocycles. The Morgan fingerprint density at radius 3 is 1.72 bits per heavy atom. The molecule has 2 saturated heterocycles. The number of rotatable bonds is 6. The van der Waals surface area contributed by atoms with Crippen molar-refractivity contribution in [2.24, 2.45) is 0 Å². The summed E-state index contributed by atoms with van der Waals surface area (Å²) in [4.78, 5) is 4.70. The summed E-state index contributed by atoms with van der Waals surface area (Å²) in [6.45, 7) is 9.18. The lowest BCUT2D eigenvalue weighted by molar-refractivity contribution is 0.0989. The molecule has 2 heterocycles. The monoisotopic (exact) mass is 396 g/mol. The molecule has 2 unspecified atom stereocenters. The van der Waals surface area contributed by atoms with E-state index in [1.807, 2.05) is 24.3 Å². The summed E-state index contributed by atoms with van der Waals surface area (Å²) >= 11 is 0. The predicted octanol–water partition coefficient (Wildman–Crippen LogP) is 2.86. The molecule has 2 atom stereocenters. The van der Waals surface area contributed by atoms with Crippen molar-refractivity contribution in [3.8, 4) is 11.5 Å². The van der Waals surface area contributed by atoms with Crippen LogP contribution in [0.15, 0.2) is 48.5 Å². The summed E-state index contributed by atoms with van der Waals surface area (Å²) in [6, 6.07) is 17.0. The Bertz CT molecular complexity index is 740. The average Bonchev–Trinajstić information content (AvgIpc) is 2.75. The fourth-order valence-electron chi connectivity index (χ4n) is 3.89. The maximum absolute atomic E-state index is 5.87. The molecule has 4 rings (SSSR count). The minimum Gasteiger partial charge on any atom is -0.528 e. The first-order valence-electron chi connectivity index (χ1n) is 10.4. The van der Waals surface area contributed by atoms with E-state index in [0.717, 1.165) is 62.4 Å². The molecular weight excluding hydrogens is 367 g/mol. The normalized spacial score (nSPS) is 22.3. The Kier molecular flexibility index (Phi) is 6.47. The molecule has 0 amide bonds. The number of ether oxygens (including phenoxy) is 2. The molecule has 154 valence electrons. The molecule has 0 N–H and O–H groups in total. The van der Waals surface area contributed by atoms with Crippen LogP contribution in [0.5, 0.6) is 11.5 Å². The zero-order valence-electron chi connectivity index (χ0n) is 17.3. The Morgan fingerprint density at radius 1 is 0.793 bits per heavy atom. The first kappa shape index (κ1) is 19.9. The Balaban J connectivity index is 1.34. The molecule has 2 fully saturated rings. The van der Waals surface area contributed by atoms with Crippen molar-refractivity contribution in [2.75, 3.05) is 49.3 Å². The van der Waals surface area contributed by atoms with Crippen molar-refractivity contribution in [2.45, 2.75) is 25.9 Å². The number of nitrogens with zero attached hydrogens (tertiary/aromatic N) is 2. The van der Waals surface area contributed by atoms with Crippen LogP contribution >= 0.6 is 0 Å². The smallest absolute Gasteiger partial charge is 0.528 e. The van der Waals surface area contributed by atoms with Crippen LogP contribution in [0.2, 0.25) is 0 Å². The van der Waals surface area contributed by atoms with Crippen LogP contribution in [0.1, 0.15) is 13.8 Å². The average molecular weight is 396 g/mol. The highest BCUT2D eigenvalue weighted by Crippen LogP contribution is 2.26. The van der Waals surface area contributed by atoms with E-state index >= 15 is 0 Å². The molecule has 2 aromatic rings. The van der Waals surface area contributed by atoms with Gasteiger partial charge in [-0.15, -0.1) is 0 Å².